The monoisotopic (exact) mass is 332 g/mol. The summed E-state index contributed by atoms with van der Waals surface area (Å²) in [6, 6.07) is 10.3. The Morgan fingerprint density at radius 1 is 1.30 bits per heavy atom. The van der Waals surface area contributed by atoms with Gasteiger partial charge < -0.3 is 4.42 Å². The van der Waals surface area contributed by atoms with E-state index in [0.717, 1.165) is 4.47 Å². The van der Waals surface area contributed by atoms with Gasteiger partial charge in [-0.05, 0) is 24.3 Å². The van der Waals surface area contributed by atoms with Crippen molar-refractivity contribution in [2.45, 2.75) is 6.54 Å². The average Bonchev–Trinajstić information content (AvgIpc) is 2.75. The molecule has 100 valence electrons. The number of carbonyl (C=O) groups is 1. The molecule has 3 rings (SSSR count). The topological polar surface area (TPSA) is 65.1 Å². The number of ketones is 1. The Hall–Kier alpha value is -2.21. The number of pyridine rings is 1. The highest BCUT2D eigenvalue weighted by atomic mass is 79.9. The predicted octanol–water partition coefficient (Wildman–Crippen LogP) is 2.63. The van der Waals surface area contributed by atoms with E-state index in [9.17, 15) is 9.59 Å². The van der Waals surface area contributed by atoms with Gasteiger partial charge in [0.25, 0.3) is 0 Å². The van der Waals surface area contributed by atoms with E-state index in [1.165, 1.54) is 4.57 Å². The van der Waals surface area contributed by atoms with E-state index in [0.29, 0.717) is 16.8 Å². The van der Waals surface area contributed by atoms with Crippen LogP contribution in [0.2, 0.25) is 0 Å². The fourth-order valence-electron chi connectivity index (χ4n) is 1.94. The lowest BCUT2D eigenvalue weighted by atomic mass is 10.1. The molecule has 0 aliphatic rings. The predicted molar refractivity (Wildman–Crippen MR) is 76.7 cm³/mol. The van der Waals surface area contributed by atoms with Crippen LogP contribution < -0.4 is 5.76 Å². The van der Waals surface area contributed by atoms with Crippen molar-refractivity contribution < 1.29 is 9.21 Å². The first-order valence-electron chi connectivity index (χ1n) is 5.88. The smallest absolute Gasteiger partial charge is 0.406 e. The Morgan fingerprint density at radius 2 is 2.15 bits per heavy atom. The van der Waals surface area contributed by atoms with E-state index in [1.54, 1.807) is 36.5 Å². The Balaban J connectivity index is 1.99. The summed E-state index contributed by atoms with van der Waals surface area (Å²) >= 11 is 3.31. The molecule has 0 aliphatic carbocycles. The molecule has 1 aromatic carbocycles. The molecule has 2 heterocycles. The van der Waals surface area contributed by atoms with Gasteiger partial charge in [0.2, 0.25) is 0 Å². The number of carbonyl (C=O) groups excluding carboxylic acids is 1. The van der Waals surface area contributed by atoms with Crippen LogP contribution in [0.25, 0.3) is 11.2 Å². The molecule has 0 spiro atoms. The summed E-state index contributed by atoms with van der Waals surface area (Å²) in [5, 5.41) is 0. The first kappa shape index (κ1) is 12.8. The molecular formula is C14H9BrN2O3. The number of hydrogen-bond acceptors (Lipinski definition) is 4. The molecular weight excluding hydrogens is 324 g/mol. The number of nitrogens with zero attached hydrogens (tertiary/aromatic N) is 2. The van der Waals surface area contributed by atoms with Crippen LogP contribution in [0.4, 0.5) is 0 Å². The van der Waals surface area contributed by atoms with Crippen LogP contribution in [0.3, 0.4) is 0 Å². The van der Waals surface area contributed by atoms with E-state index in [2.05, 4.69) is 20.9 Å². The minimum Gasteiger partial charge on any atom is -0.406 e. The van der Waals surface area contributed by atoms with Crippen LogP contribution in [0.15, 0.2) is 56.3 Å². The molecule has 0 atom stereocenters. The summed E-state index contributed by atoms with van der Waals surface area (Å²) in [7, 11) is 0. The third-order valence-electron chi connectivity index (χ3n) is 2.87. The number of hydrogen-bond donors (Lipinski definition) is 0. The normalized spacial score (nSPS) is 10.8. The van der Waals surface area contributed by atoms with E-state index >= 15 is 0 Å². The number of fused-ring (bicyclic) bond motifs is 1. The van der Waals surface area contributed by atoms with Gasteiger partial charge in [-0.15, -0.1) is 0 Å². The van der Waals surface area contributed by atoms with Crippen molar-refractivity contribution in [3.05, 3.63) is 63.2 Å². The van der Waals surface area contributed by atoms with Gasteiger partial charge in [-0.3, -0.25) is 9.36 Å². The quantitative estimate of drug-likeness (QED) is 0.691. The zero-order valence-electron chi connectivity index (χ0n) is 10.2. The SMILES string of the molecule is O=C(Cn1c(=O)oc2cccnc21)c1cccc(Br)c1. The van der Waals surface area contributed by atoms with Crippen LogP contribution >= 0.6 is 15.9 Å². The van der Waals surface area contributed by atoms with E-state index in [-0.39, 0.29) is 12.3 Å². The third kappa shape index (κ3) is 2.30. The Morgan fingerprint density at radius 3 is 2.95 bits per heavy atom. The Labute approximate surface area is 122 Å². The Bertz CT molecular complexity index is 851. The summed E-state index contributed by atoms with van der Waals surface area (Å²) < 4.78 is 7.09. The maximum atomic E-state index is 12.2. The standard InChI is InChI=1S/C14H9BrN2O3/c15-10-4-1-3-9(7-10)11(18)8-17-13-12(20-14(17)19)5-2-6-16-13/h1-7H,8H2. The average molecular weight is 333 g/mol. The second-order valence-corrected chi connectivity index (χ2v) is 5.13. The number of rotatable bonds is 3. The molecule has 3 aromatic rings. The number of halogens is 1. The van der Waals surface area contributed by atoms with Gasteiger partial charge in [0.05, 0.1) is 6.54 Å². The van der Waals surface area contributed by atoms with Gasteiger partial charge in [0.1, 0.15) is 0 Å². The highest BCUT2D eigenvalue weighted by molar-refractivity contribution is 9.10. The largest absolute Gasteiger partial charge is 0.421 e. The van der Waals surface area contributed by atoms with Crippen LogP contribution in [-0.4, -0.2) is 15.3 Å². The molecule has 0 saturated carbocycles. The number of Topliss-reactive ketones (excluding diaryl/α,β-unsaturated/α-hetero) is 1. The van der Waals surface area contributed by atoms with Crippen molar-refractivity contribution in [2.24, 2.45) is 0 Å². The number of aromatic nitrogens is 2. The third-order valence-corrected chi connectivity index (χ3v) is 3.37. The molecule has 0 unspecified atom stereocenters. The summed E-state index contributed by atoms with van der Waals surface area (Å²) in [5.41, 5.74) is 1.27. The van der Waals surface area contributed by atoms with Crippen LogP contribution in [0.5, 0.6) is 0 Å². The molecule has 20 heavy (non-hydrogen) atoms. The molecule has 0 amide bonds. The van der Waals surface area contributed by atoms with Crippen molar-refractivity contribution in [2.75, 3.05) is 0 Å². The fraction of sp³-hybridized carbons (Fsp3) is 0.0714. The maximum Gasteiger partial charge on any atom is 0.421 e. The van der Waals surface area contributed by atoms with Crippen molar-refractivity contribution >= 4 is 32.9 Å². The molecule has 0 N–H and O–H groups in total. The highest BCUT2D eigenvalue weighted by Gasteiger charge is 2.14. The summed E-state index contributed by atoms with van der Waals surface area (Å²) in [6.07, 6.45) is 1.55. The van der Waals surface area contributed by atoms with E-state index in [1.807, 2.05) is 6.07 Å². The molecule has 6 heteroatoms. The van der Waals surface area contributed by atoms with E-state index < -0.39 is 5.76 Å². The molecule has 2 aromatic heterocycles. The zero-order chi connectivity index (χ0) is 14.1. The summed E-state index contributed by atoms with van der Waals surface area (Å²) in [5.74, 6) is -0.760. The molecule has 0 fully saturated rings. The maximum absolute atomic E-state index is 12.2. The van der Waals surface area contributed by atoms with Gasteiger partial charge >= 0.3 is 5.76 Å². The molecule has 0 radical (unpaired) electrons. The second kappa shape index (κ2) is 5.05. The first-order chi connectivity index (χ1) is 9.65. The lowest BCUT2D eigenvalue weighted by molar-refractivity contribution is 0.0970. The fourth-order valence-corrected chi connectivity index (χ4v) is 2.34. The second-order valence-electron chi connectivity index (χ2n) is 4.21. The summed E-state index contributed by atoms with van der Waals surface area (Å²) in [4.78, 5) is 28.1. The molecule has 0 bridgehead atoms. The van der Waals surface area contributed by atoms with E-state index in [4.69, 9.17) is 4.42 Å². The van der Waals surface area contributed by atoms with Crippen LogP contribution in [-0.2, 0) is 6.54 Å². The Kier molecular flexibility index (Phi) is 3.23. The lowest BCUT2D eigenvalue weighted by Gasteiger charge is -2.02. The molecule has 5 nitrogen and oxygen atoms in total. The van der Waals surface area contributed by atoms with Gasteiger partial charge in [-0.25, -0.2) is 9.78 Å². The molecule has 0 saturated heterocycles. The highest BCUT2D eigenvalue weighted by Crippen LogP contribution is 2.14. The lowest BCUT2D eigenvalue weighted by Crippen LogP contribution is -2.20. The van der Waals surface area contributed by atoms with Gasteiger partial charge in [-0.2, -0.15) is 0 Å². The zero-order valence-corrected chi connectivity index (χ0v) is 11.8. The van der Waals surface area contributed by atoms with Crippen molar-refractivity contribution in [1.82, 2.24) is 9.55 Å². The minimum atomic E-state index is -0.581. The number of oxazole rings is 1. The van der Waals surface area contributed by atoms with Gasteiger partial charge in [0, 0.05) is 16.2 Å². The number of benzene rings is 1. The van der Waals surface area contributed by atoms with Crippen molar-refractivity contribution in [1.29, 1.82) is 0 Å². The van der Waals surface area contributed by atoms with Crippen LogP contribution in [0, 0.1) is 0 Å². The molecule has 0 aliphatic heterocycles. The van der Waals surface area contributed by atoms with Gasteiger partial charge in [-0.1, -0.05) is 28.1 Å². The van der Waals surface area contributed by atoms with Crippen molar-refractivity contribution in [3.63, 3.8) is 0 Å². The van der Waals surface area contributed by atoms with Crippen LogP contribution in [0.1, 0.15) is 10.4 Å². The van der Waals surface area contributed by atoms with Crippen molar-refractivity contribution in [3.8, 4) is 0 Å². The summed E-state index contributed by atoms with van der Waals surface area (Å²) in [6.45, 7) is -0.0979. The minimum absolute atomic E-state index is 0.0979. The van der Waals surface area contributed by atoms with Gasteiger partial charge in [0.15, 0.2) is 17.0 Å². The first-order valence-corrected chi connectivity index (χ1v) is 6.67.